The van der Waals surface area contributed by atoms with E-state index >= 15 is 0 Å². The van der Waals surface area contributed by atoms with Crippen LogP contribution in [0.25, 0.3) is 0 Å². The van der Waals surface area contributed by atoms with Gasteiger partial charge in [-0.25, -0.2) is 0 Å². The van der Waals surface area contributed by atoms with Gasteiger partial charge in [-0.2, -0.15) is 0 Å². The van der Waals surface area contributed by atoms with Crippen LogP contribution in [-0.2, 0) is 0 Å². The second-order valence-corrected chi connectivity index (χ2v) is 3.67. The van der Waals surface area contributed by atoms with Crippen LogP contribution in [0.5, 0.6) is 5.75 Å². The van der Waals surface area contributed by atoms with Crippen LogP contribution in [-0.4, -0.2) is 25.5 Å². The number of hydrogen-bond acceptors (Lipinski definition) is 3. The van der Waals surface area contributed by atoms with Crippen LogP contribution in [0.4, 0.5) is 5.69 Å². The van der Waals surface area contributed by atoms with Crippen molar-refractivity contribution in [1.29, 1.82) is 0 Å². The lowest BCUT2D eigenvalue weighted by atomic mass is 10.1. The highest BCUT2D eigenvalue weighted by Crippen LogP contribution is 2.32. The summed E-state index contributed by atoms with van der Waals surface area (Å²) >= 11 is 0. The zero-order valence-corrected chi connectivity index (χ0v) is 9.12. The molecule has 3 nitrogen and oxygen atoms in total. The molecule has 0 N–H and O–H groups in total. The third-order valence-corrected chi connectivity index (χ3v) is 2.71. The number of nitrogens with zero attached hydrogens (tertiary/aromatic N) is 1. The van der Waals surface area contributed by atoms with Crippen molar-refractivity contribution in [3.63, 3.8) is 0 Å². The molecule has 0 spiro atoms. The Kier molecular flexibility index (Phi) is 2.62. The van der Waals surface area contributed by atoms with Gasteiger partial charge >= 0.3 is 0 Å². The van der Waals surface area contributed by atoms with E-state index < -0.39 is 0 Å². The van der Waals surface area contributed by atoms with E-state index in [1.807, 2.05) is 18.2 Å². The van der Waals surface area contributed by atoms with Crippen LogP contribution in [0.15, 0.2) is 18.2 Å². The molecule has 1 heterocycles. The quantitative estimate of drug-likeness (QED) is 0.692. The number of ether oxygens (including phenoxy) is 1. The van der Waals surface area contributed by atoms with Crippen LogP contribution in [0, 0.1) is 0 Å². The van der Waals surface area contributed by atoms with E-state index in [2.05, 4.69) is 11.8 Å². The summed E-state index contributed by atoms with van der Waals surface area (Å²) < 4.78 is 5.54. The number of benzene rings is 1. The molecule has 0 radical (unpaired) electrons. The lowest BCUT2D eigenvalue weighted by Gasteiger charge is -2.30. The minimum absolute atomic E-state index is 0.0967. The first-order valence-electron chi connectivity index (χ1n) is 5.25. The Morgan fingerprint density at radius 2 is 2.33 bits per heavy atom. The first kappa shape index (κ1) is 10.0. The zero-order chi connectivity index (χ0) is 10.8. The molecule has 0 atom stereocenters. The van der Waals surface area contributed by atoms with Crippen LogP contribution in [0.3, 0.4) is 0 Å². The molecule has 0 fully saturated rings. The Bertz CT molecular complexity index is 387. The summed E-state index contributed by atoms with van der Waals surface area (Å²) in [6.45, 7) is 6.25. The van der Waals surface area contributed by atoms with Crippen molar-refractivity contribution in [2.45, 2.75) is 13.8 Å². The molecule has 80 valence electrons. The molecule has 1 aromatic rings. The van der Waals surface area contributed by atoms with Crippen molar-refractivity contribution >= 4 is 11.5 Å². The Labute approximate surface area is 89.7 Å². The Hall–Kier alpha value is -1.51. The predicted molar refractivity (Wildman–Crippen MR) is 59.8 cm³/mol. The van der Waals surface area contributed by atoms with Gasteiger partial charge in [-0.3, -0.25) is 4.79 Å². The van der Waals surface area contributed by atoms with Crippen LogP contribution < -0.4 is 9.64 Å². The maximum Gasteiger partial charge on any atom is 0.159 e. The highest BCUT2D eigenvalue weighted by atomic mass is 16.5. The van der Waals surface area contributed by atoms with Crippen LogP contribution in [0.2, 0.25) is 0 Å². The largest absolute Gasteiger partial charge is 0.490 e. The fourth-order valence-electron chi connectivity index (χ4n) is 1.82. The molecule has 0 bridgehead atoms. The minimum Gasteiger partial charge on any atom is -0.490 e. The van der Waals surface area contributed by atoms with Crippen LogP contribution in [0.1, 0.15) is 24.2 Å². The molecule has 0 saturated carbocycles. The SMILES string of the molecule is CCN1CCOc2ccc(C(C)=O)cc21. The van der Waals surface area contributed by atoms with Gasteiger partial charge in [-0.15, -0.1) is 0 Å². The van der Waals surface area contributed by atoms with Crippen molar-refractivity contribution in [3.05, 3.63) is 23.8 Å². The van der Waals surface area contributed by atoms with E-state index in [0.717, 1.165) is 36.7 Å². The number of likely N-dealkylation sites (N-methyl/N-ethyl adjacent to an activating group) is 1. The van der Waals surface area contributed by atoms with Crippen LogP contribution >= 0.6 is 0 Å². The summed E-state index contributed by atoms with van der Waals surface area (Å²) in [5, 5.41) is 0. The highest BCUT2D eigenvalue weighted by molar-refractivity contribution is 5.95. The van der Waals surface area contributed by atoms with E-state index in [9.17, 15) is 4.79 Å². The summed E-state index contributed by atoms with van der Waals surface area (Å²) in [4.78, 5) is 13.5. The third-order valence-electron chi connectivity index (χ3n) is 2.71. The smallest absolute Gasteiger partial charge is 0.159 e. The predicted octanol–water partition coefficient (Wildman–Crippen LogP) is 2.11. The van der Waals surface area contributed by atoms with Gasteiger partial charge in [-0.1, -0.05) is 0 Å². The summed E-state index contributed by atoms with van der Waals surface area (Å²) in [6, 6.07) is 5.62. The fourth-order valence-corrected chi connectivity index (χ4v) is 1.82. The highest BCUT2D eigenvalue weighted by Gasteiger charge is 2.17. The normalized spacial score (nSPS) is 14.4. The summed E-state index contributed by atoms with van der Waals surface area (Å²) in [7, 11) is 0. The van der Waals surface area contributed by atoms with Gasteiger partial charge in [0.05, 0.1) is 12.2 Å². The second kappa shape index (κ2) is 3.93. The third kappa shape index (κ3) is 1.82. The number of Topliss-reactive ketones (excluding diaryl/α,β-unsaturated/α-hetero) is 1. The van der Waals surface area contributed by atoms with Crippen molar-refractivity contribution in [3.8, 4) is 5.75 Å². The zero-order valence-electron chi connectivity index (χ0n) is 9.12. The maximum absolute atomic E-state index is 11.3. The summed E-state index contributed by atoms with van der Waals surface area (Å²) in [5.41, 5.74) is 1.79. The summed E-state index contributed by atoms with van der Waals surface area (Å²) in [5.74, 6) is 0.979. The van der Waals surface area contributed by atoms with Crippen molar-refractivity contribution in [2.24, 2.45) is 0 Å². The number of fused-ring (bicyclic) bond motifs is 1. The van der Waals surface area contributed by atoms with E-state index in [-0.39, 0.29) is 5.78 Å². The van der Waals surface area contributed by atoms with E-state index in [1.165, 1.54) is 0 Å². The number of carbonyl (C=O) groups excluding carboxylic acids is 1. The van der Waals surface area contributed by atoms with Crippen molar-refractivity contribution in [2.75, 3.05) is 24.6 Å². The van der Waals surface area contributed by atoms with Gasteiger partial charge in [-0.05, 0) is 32.0 Å². The van der Waals surface area contributed by atoms with E-state index in [0.29, 0.717) is 0 Å². The monoisotopic (exact) mass is 205 g/mol. The fraction of sp³-hybridized carbons (Fsp3) is 0.417. The Morgan fingerprint density at radius 3 is 3.00 bits per heavy atom. The molecule has 0 aromatic heterocycles. The lowest BCUT2D eigenvalue weighted by molar-refractivity contribution is 0.101. The van der Waals surface area contributed by atoms with Crippen molar-refractivity contribution < 1.29 is 9.53 Å². The average molecular weight is 205 g/mol. The topological polar surface area (TPSA) is 29.5 Å². The molecule has 1 aliphatic heterocycles. The van der Waals surface area contributed by atoms with Gasteiger partial charge in [0.25, 0.3) is 0 Å². The van der Waals surface area contributed by atoms with Gasteiger partial charge < -0.3 is 9.64 Å². The molecule has 0 amide bonds. The molecule has 0 aliphatic carbocycles. The molecule has 1 aliphatic rings. The lowest BCUT2D eigenvalue weighted by Crippen LogP contribution is -2.32. The molecule has 0 unspecified atom stereocenters. The van der Waals surface area contributed by atoms with Gasteiger partial charge in [0, 0.05) is 12.1 Å². The minimum atomic E-state index is 0.0967. The summed E-state index contributed by atoms with van der Waals surface area (Å²) in [6.07, 6.45) is 0. The molecule has 2 rings (SSSR count). The van der Waals surface area contributed by atoms with Gasteiger partial charge in [0.1, 0.15) is 12.4 Å². The van der Waals surface area contributed by atoms with E-state index in [1.54, 1.807) is 6.92 Å². The van der Waals surface area contributed by atoms with Gasteiger partial charge in [0.2, 0.25) is 0 Å². The number of rotatable bonds is 2. The molecular formula is C12H15NO2. The Balaban J connectivity index is 2.43. The molecular weight excluding hydrogens is 190 g/mol. The molecule has 3 heteroatoms. The molecule has 1 aromatic carbocycles. The van der Waals surface area contributed by atoms with Gasteiger partial charge in [0.15, 0.2) is 5.78 Å². The maximum atomic E-state index is 11.3. The molecule has 15 heavy (non-hydrogen) atoms. The number of ketones is 1. The van der Waals surface area contributed by atoms with E-state index in [4.69, 9.17) is 4.74 Å². The first-order valence-corrected chi connectivity index (χ1v) is 5.25. The number of hydrogen-bond donors (Lipinski definition) is 0. The Morgan fingerprint density at radius 1 is 1.53 bits per heavy atom. The standard InChI is InChI=1S/C12H15NO2/c1-3-13-6-7-15-12-5-4-10(9(2)14)8-11(12)13/h4-5,8H,3,6-7H2,1-2H3. The first-order chi connectivity index (χ1) is 7.22. The number of anilines is 1. The molecule has 0 saturated heterocycles. The average Bonchev–Trinajstić information content (AvgIpc) is 2.27. The number of carbonyl (C=O) groups is 1. The van der Waals surface area contributed by atoms with Crippen molar-refractivity contribution in [1.82, 2.24) is 0 Å². The second-order valence-electron chi connectivity index (χ2n) is 3.67.